The molecule has 27 heavy (non-hydrogen) atoms. The standard InChI is InChI=1S/C21H17NO4S/c1-14-7-10-16(11-8-14)27(23,24)26-19-6-4-3-5-17(19)21-22-18-13-15(2)9-12-20(18)25-21/h3-13H,1-2H3. The first-order valence-corrected chi connectivity index (χ1v) is 9.81. The lowest BCUT2D eigenvalue weighted by atomic mass is 10.2. The van der Waals surface area contributed by atoms with Crippen LogP contribution < -0.4 is 4.18 Å². The number of aryl methyl sites for hydroxylation is 2. The first-order valence-electron chi connectivity index (χ1n) is 8.40. The molecule has 0 atom stereocenters. The number of oxazole rings is 1. The van der Waals surface area contributed by atoms with Gasteiger partial charge in [-0.05, 0) is 55.8 Å². The van der Waals surface area contributed by atoms with Gasteiger partial charge in [0.15, 0.2) is 11.3 Å². The highest BCUT2D eigenvalue weighted by Crippen LogP contribution is 2.33. The second-order valence-corrected chi connectivity index (χ2v) is 7.88. The van der Waals surface area contributed by atoms with Gasteiger partial charge in [-0.15, -0.1) is 0 Å². The lowest BCUT2D eigenvalue weighted by molar-refractivity contribution is 0.485. The van der Waals surface area contributed by atoms with Crippen LogP contribution in [0.3, 0.4) is 0 Å². The van der Waals surface area contributed by atoms with E-state index in [-0.39, 0.29) is 10.6 Å². The van der Waals surface area contributed by atoms with Crippen molar-refractivity contribution in [2.75, 3.05) is 0 Å². The van der Waals surface area contributed by atoms with Crippen LogP contribution in [-0.2, 0) is 10.1 Å². The molecule has 4 rings (SSSR count). The lowest BCUT2D eigenvalue weighted by Crippen LogP contribution is -2.10. The summed E-state index contributed by atoms with van der Waals surface area (Å²) >= 11 is 0. The van der Waals surface area contributed by atoms with Crippen molar-refractivity contribution < 1.29 is 17.0 Å². The smallest absolute Gasteiger partial charge is 0.339 e. The molecule has 5 nitrogen and oxygen atoms in total. The highest BCUT2D eigenvalue weighted by Gasteiger charge is 2.21. The van der Waals surface area contributed by atoms with Crippen molar-refractivity contribution >= 4 is 21.2 Å². The topological polar surface area (TPSA) is 69.4 Å². The van der Waals surface area contributed by atoms with Crippen molar-refractivity contribution in [2.45, 2.75) is 18.7 Å². The predicted molar refractivity (Wildman–Crippen MR) is 103 cm³/mol. The molecular formula is C21H17NO4S. The summed E-state index contributed by atoms with van der Waals surface area (Å²) in [5.41, 5.74) is 3.85. The third kappa shape index (κ3) is 3.44. The number of para-hydroxylation sites is 1. The molecule has 136 valence electrons. The minimum Gasteiger partial charge on any atom is -0.436 e. The molecule has 6 heteroatoms. The van der Waals surface area contributed by atoms with Crippen LogP contribution in [0.4, 0.5) is 0 Å². The summed E-state index contributed by atoms with van der Waals surface area (Å²) in [7, 11) is -3.97. The Labute approximate surface area is 157 Å². The van der Waals surface area contributed by atoms with Crippen LogP contribution in [0.25, 0.3) is 22.6 Å². The number of hydrogen-bond donors (Lipinski definition) is 0. The maximum atomic E-state index is 12.6. The minimum atomic E-state index is -3.97. The average Bonchev–Trinajstić information content (AvgIpc) is 3.05. The van der Waals surface area contributed by atoms with Gasteiger partial charge in [-0.25, -0.2) is 4.98 Å². The van der Waals surface area contributed by atoms with E-state index in [0.29, 0.717) is 22.6 Å². The highest BCUT2D eigenvalue weighted by molar-refractivity contribution is 7.87. The SMILES string of the molecule is Cc1ccc(S(=O)(=O)Oc2ccccc2-c2nc3cc(C)ccc3o2)cc1. The lowest BCUT2D eigenvalue weighted by Gasteiger charge is -2.09. The number of fused-ring (bicyclic) bond motifs is 1. The largest absolute Gasteiger partial charge is 0.436 e. The summed E-state index contributed by atoms with van der Waals surface area (Å²) in [5, 5.41) is 0. The minimum absolute atomic E-state index is 0.0936. The molecule has 0 aliphatic rings. The summed E-state index contributed by atoms with van der Waals surface area (Å²) in [6, 6.07) is 19.0. The molecule has 0 radical (unpaired) electrons. The molecule has 3 aromatic carbocycles. The number of hydrogen-bond acceptors (Lipinski definition) is 5. The second kappa shape index (κ2) is 6.55. The summed E-state index contributed by atoms with van der Waals surface area (Å²) in [4.78, 5) is 4.57. The van der Waals surface area contributed by atoms with Crippen molar-refractivity contribution in [3.05, 3.63) is 77.9 Å². The summed E-state index contributed by atoms with van der Waals surface area (Å²) in [6.45, 7) is 3.86. The van der Waals surface area contributed by atoms with Crippen LogP contribution in [-0.4, -0.2) is 13.4 Å². The first-order chi connectivity index (χ1) is 12.9. The maximum Gasteiger partial charge on any atom is 0.339 e. The van der Waals surface area contributed by atoms with E-state index in [2.05, 4.69) is 4.98 Å². The third-order valence-corrected chi connectivity index (χ3v) is 5.42. The molecule has 0 amide bonds. The zero-order valence-corrected chi connectivity index (χ0v) is 15.7. The van der Waals surface area contributed by atoms with Crippen LogP contribution in [0, 0.1) is 13.8 Å². The van der Waals surface area contributed by atoms with Crippen molar-refractivity contribution in [3.8, 4) is 17.2 Å². The normalized spacial score (nSPS) is 11.6. The van der Waals surface area contributed by atoms with Crippen LogP contribution in [0.15, 0.2) is 76.0 Å². The van der Waals surface area contributed by atoms with Gasteiger partial charge in [0, 0.05) is 0 Å². The molecule has 0 fully saturated rings. The van der Waals surface area contributed by atoms with Gasteiger partial charge in [0.1, 0.15) is 10.4 Å². The Hall–Kier alpha value is -3.12. The maximum absolute atomic E-state index is 12.6. The van der Waals surface area contributed by atoms with Gasteiger partial charge in [-0.2, -0.15) is 8.42 Å². The van der Waals surface area contributed by atoms with Gasteiger partial charge in [-0.3, -0.25) is 0 Å². The van der Waals surface area contributed by atoms with Gasteiger partial charge in [-0.1, -0.05) is 35.9 Å². The van der Waals surface area contributed by atoms with Crippen LogP contribution in [0.5, 0.6) is 5.75 Å². The Morgan fingerprint density at radius 1 is 0.889 bits per heavy atom. The molecule has 1 aromatic heterocycles. The van der Waals surface area contributed by atoms with E-state index < -0.39 is 10.1 Å². The number of rotatable bonds is 4. The summed E-state index contributed by atoms with van der Waals surface area (Å²) in [5.74, 6) is 0.478. The molecule has 0 unspecified atom stereocenters. The quantitative estimate of drug-likeness (QED) is 0.473. The molecule has 0 saturated heterocycles. The summed E-state index contributed by atoms with van der Waals surface area (Å²) < 4.78 is 36.5. The predicted octanol–water partition coefficient (Wildman–Crippen LogP) is 4.88. The Bertz CT molecular complexity index is 1220. The zero-order valence-electron chi connectivity index (χ0n) is 14.8. The monoisotopic (exact) mass is 379 g/mol. The molecule has 0 bridgehead atoms. The van der Waals surface area contributed by atoms with Crippen LogP contribution in [0.2, 0.25) is 0 Å². The third-order valence-electron chi connectivity index (χ3n) is 4.17. The number of aromatic nitrogens is 1. The summed E-state index contributed by atoms with van der Waals surface area (Å²) in [6.07, 6.45) is 0. The fourth-order valence-corrected chi connectivity index (χ4v) is 3.69. The zero-order chi connectivity index (χ0) is 19.0. The first kappa shape index (κ1) is 17.3. The van der Waals surface area contributed by atoms with Gasteiger partial charge < -0.3 is 8.60 Å². The van der Waals surface area contributed by atoms with Gasteiger partial charge in [0.05, 0.1) is 5.56 Å². The molecule has 0 aliphatic heterocycles. The van der Waals surface area contributed by atoms with Crippen LogP contribution >= 0.6 is 0 Å². The number of nitrogens with zero attached hydrogens (tertiary/aromatic N) is 1. The van der Waals surface area contributed by atoms with E-state index in [1.54, 1.807) is 36.4 Å². The van der Waals surface area contributed by atoms with E-state index in [9.17, 15) is 8.42 Å². The Morgan fingerprint density at radius 2 is 1.59 bits per heavy atom. The fraction of sp³-hybridized carbons (Fsp3) is 0.0952. The van der Waals surface area contributed by atoms with E-state index in [0.717, 1.165) is 11.1 Å². The van der Waals surface area contributed by atoms with Crippen molar-refractivity contribution in [1.82, 2.24) is 4.98 Å². The highest BCUT2D eigenvalue weighted by atomic mass is 32.2. The molecule has 0 spiro atoms. The second-order valence-electron chi connectivity index (χ2n) is 6.34. The average molecular weight is 379 g/mol. The number of benzene rings is 3. The Morgan fingerprint density at radius 3 is 2.37 bits per heavy atom. The molecule has 4 aromatic rings. The molecular weight excluding hydrogens is 362 g/mol. The Balaban J connectivity index is 1.75. The van der Waals surface area contributed by atoms with E-state index in [1.165, 1.54) is 12.1 Å². The van der Waals surface area contributed by atoms with Gasteiger partial charge in [0.25, 0.3) is 0 Å². The van der Waals surface area contributed by atoms with Crippen LogP contribution in [0.1, 0.15) is 11.1 Å². The van der Waals surface area contributed by atoms with Gasteiger partial charge >= 0.3 is 10.1 Å². The molecule has 0 N–H and O–H groups in total. The fourth-order valence-electron chi connectivity index (χ4n) is 2.74. The van der Waals surface area contributed by atoms with E-state index in [4.69, 9.17) is 8.60 Å². The van der Waals surface area contributed by atoms with E-state index >= 15 is 0 Å². The molecule has 1 heterocycles. The van der Waals surface area contributed by atoms with E-state index in [1.807, 2.05) is 32.0 Å². The van der Waals surface area contributed by atoms with Gasteiger partial charge in [0.2, 0.25) is 5.89 Å². The van der Waals surface area contributed by atoms with Crippen molar-refractivity contribution in [1.29, 1.82) is 0 Å². The molecule has 0 aliphatic carbocycles. The van der Waals surface area contributed by atoms with Crippen molar-refractivity contribution in [2.24, 2.45) is 0 Å². The molecule has 0 saturated carbocycles. The van der Waals surface area contributed by atoms with Crippen molar-refractivity contribution in [3.63, 3.8) is 0 Å². The Kier molecular flexibility index (Phi) is 4.20.